The van der Waals surface area contributed by atoms with Crippen LogP contribution in [-0.2, 0) is 17.7 Å². The fraction of sp³-hybridized carbons (Fsp3) is 0.474. The van der Waals surface area contributed by atoms with E-state index in [4.69, 9.17) is 4.74 Å². The topological polar surface area (TPSA) is 47.4 Å². The van der Waals surface area contributed by atoms with Crippen LogP contribution in [0.2, 0.25) is 0 Å². The molecule has 0 bridgehead atoms. The Kier molecular flexibility index (Phi) is 4.21. The SMILES string of the molecule is Cc1ccc(=O)n(CC2CN(CC3OCCc4ccccc43)C2)n1. The van der Waals surface area contributed by atoms with Gasteiger partial charge in [0.15, 0.2) is 0 Å². The number of hydrogen-bond acceptors (Lipinski definition) is 4. The van der Waals surface area contributed by atoms with E-state index < -0.39 is 0 Å². The van der Waals surface area contributed by atoms with Crippen molar-refractivity contribution in [2.75, 3.05) is 26.2 Å². The fourth-order valence-electron chi connectivity index (χ4n) is 3.73. The molecule has 1 aromatic carbocycles. The van der Waals surface area contributed by atoms with E-state index in [1.807, 2.05) is 6.92 Å². The van der Waals surface area contributed by atoms with Crippen LogP contribution >= 0.6 is 0 Å². The van der Waals surface area contributed by atoms with Gasteiger partial charge < -0.3 is 4.74 Å². The normalized spacial score (nSPS) is 21.3. The third kappa shape index (κ3) is 3.14. The Balaban J connectivity index is 1.34. The first-order chi connectivity index (χ1) is 11.7. The molecule has 0 N–H and O–H groups in total. The van der Waals surface area contributed by atoms with E-state index in [1.54, 1.807) is 16.8 Å². The summed E-state index contributed by atoms with van der Waals surface area (Å²) in [5.74, 6) is 0.496. The Hall–Kier alpha value is -1.98. The van der Waals surface area contributed by atoms with E-state index in [1.165, 1.54) is 11.1 Å². The second-order valence-corrected chi connectivity index (χ2v) is 6.89. The number of rotatable bonds is 4. The van der Waals surface area contributed by atoms with Crippen molar-refractivity contribution in [1.82, 2.24) is 14.7 Å². The average Bonchev–Trinajstić information content (AvgIpc) is 2.56. The van der Waals surface area contributed by atoms with Gasteiger partial charge in [-0.05, 0) is 30.5 Å². The molecule has 0 amide bonds. The lowest BCUT2D eigenvalue weighted by Gasteiger charge is -2.42. The summed E-state index contributed by atoms with van der Waals surface area (Å²) in [5, 5.41) is 4.33. The van der Waals surface area contributed by atoms with Gasteiger partial charge in [0.2, 0.25) is 0 Å². The van der Waals surface area contributed by atoms with Crippen molar-refractivity contribution < 1.29 is 4.74 Å². The molecule has 24 heavy (non-hydrogen) atoms. The molecule has 4 rings (SSSR count). The molecule has 1 atom stereocenters. The van der Waals surface area contributed by atoms with Crippen LogP contribution in [0.5, 0.6) is 0 Å². The molecule has 0 spiro atoms. The van der Waals surface area contributed by atoms with Gasteiger partial charge in [0.1, 0.15) is 0 Å². The Morgan fingerprint density at radius 1 is 1.17 bits per heavy atom. The minimum absolute atomic E-state index is 0.0106. The molecule has 1 aromatic heterocycles. The number of fused-ring (bicyclic) bond motifs is 1. The van der Waals surface area contributed by atoms with E-state index in [9.17, 15) is 4.79 Å². The molecule has 0 aliphatic carbocycles. The lowest BCUT2D eigenvalue weighted by molar-refractivity contribution is -0.0177. The van der Waals surface area contributed by atoms with Crippen LogP contribution in [-0.4, -0.2) is 40.9 Å². The van der Waals surface area contributed by atoms with E-state index in [0.29, 0.717) is 12.5 Å². The number of likely N-dealkylation sites (tertiary alicyclic amines) is 1. The summed E-state index contributed by atoms with van der Waals surface area (Å²) < 4.78 is 7.59. The summed E-state index contributed by atoms with van der Waals surface area (Å²) in [6.45, 7) is 6.37. The Morgan fingerprint density at radius 3 is 2.88 bits per heavy atom. The van der Waals surface area contributed by atoms with E-state index >= 15 is 0 Å². The van der Waals surface area contributed by atoms with E-state index in [0.717, 1.165) is 38.4 Å². The van der Waals surface area contributed by atoms with Crippen LogP contribution in [0.4, 0.5) is 0 Å². The zero-order chi connectivity index (χ0) is 16.5. The summed E-state index contributed by atoms with van der Waals surface area (Å²) in [7, 11) is 0. The summed E-state index contributed by atoms with van der Waals surface area (Å²) >= 11 is 0. The third-order valence-corrected chi connectivity index (χ3v) is 4.98. The van der Waals surface area contributed by atoms with Crippen molar-refractivity contribution in [2.24, 2.45) is 5.92 Å². The second kappa shape index (κ2) is 6.49. The molecule has 1 unspecified atom stereocenters. The van der Waals surface area contributed by atoms with Crippen LogP contribution in [0.3, 0.4) is 0 Å². The number of aromatic nitrogens is 2. The molecule has 5 nitrogen and oxygen atoms in total. The Morgan fingerprint density at radius 2 is 2.00 bits per heavy atom. The number of ether oxygens (including phenoxy) is 1. The molecule has 2 aromatic rings. The summed E-state index contributed by atoms with van der Waals surface area (Å²) in [5.41, 5.74) is 3.63. The van der Waals surface area contributed by atoms with Crippen molar-refractivity contribution in [2.45, 2.75) is 26.0 Å². The largest absolute Gasteiger partial charge is 0.372 e. The monoisotopic (exact) mass is 325 g/mol. The number of nitrogens with zero attached hydrogens (tertiary/aromatic N) is 3. The molecule has 1 saturated heterocycles. The highest BCUT2D eigenvalue weighted by atomic mass is 16.5. The van der Waals surface area contributed by atoms with Gasteiger partial charge in [0.05, 0.1) is 24.9 Å². The highest BCUT2D eigenvalue weighted by Gasteiger charge is 2.31. The van der Waals surface area contributed by atoms with Crippen LogP contribution < -0.4 is 5.56 Å². The Labute approximate surface area is 141 Å². The molecule has 5 heteroatoms. The van der Waals surface area contributed by atoms with Crippen molar-refractivity contribution in [3.05, 3.63) is 63.6 Å². The van der Waals surface area contributed by atoms with Crippen LogP contribution in [0.15, 0.2) is 41.2 Å². The van der Waals surface area contributed by atoms with Crippen molar-refractivity contribution in [3.8, 4) is 0 Å². The van der Waals surface area contributed by atoms with E-state index in [-0.39, 0.29) is 11.7 Å². The molecular weight excluding hydrogens is 302 g/mol. The van der Waals surface area contributed by atoms with Crippen molar-refractivity contribution >= 4 is 0 Å². The van der Waals surface area contributed by atoms with E-state index in [2.05, 4.69) is 34.3 Å². The highest BCUT2D eigenvalue weighted by molar-refractivity contribution is 5.31. The highest BCUT2D eigenvalue weighted by Crippen LogP contribution is 2.29. The predicted molar refractivity (Wildman–Crippen MR) is 92.0 cm³/mol. The zero-order valence-electron chi connectivity index (χ0n) is 14.0. The van der Waals surface area contributed by atoms with Crippen LogP contribution in [0.25, 0.3) is 0 Å². The zero-order valence-corrected chi connectivity index (χ0v) is 14.0. The van der Waals surface area contributed by atoms with Crippen molar-refractivity contribution in [3.63, 3.8) is 0 Å². The van der Waals surface area contributed by atoms with Gasteiger partial charge in [0.25, 0.3) is 5.56 Å². The molecule has 0 radical (unpaired) electrons. The quantitative estimate of drug-likeness (QED) is 0.860. The number of aryl methyl sites for hydroxylation is 1. The first kappa shape index (κ1) is 15.5. The maximum atomic E-state index is 11.8. The van der Waals surface area contributed by atoms with Crippen LogP contribution in [0, 0.1) is 12.8 Å². The fourth-order valence-corrected chi connectivity index (χ4v) is 3.73. The van der Waals surface area contributed by atoms with Gasteiger partial charge in [-0.3, -0.25) is 9.69 Å². The molecule has 2 aliphatic heterocycles. The summed E-state index contributed by atoms with van der Waals surface area (Å²) in [6, 6.07) is 12.0. The maximum absolute atomic E-state index is 11.8. The molecule has 2 aliphatic rings. The van der Waals surface area contributed by atoms with Gasteiger partial charge in [-0.25, -0.2) is 4.68 Å². The minimum Gasteiger partial charge on any atom is -0.372 e. The van der Waals surface area contributed by atoms with Gasteiger partial charge in [-0.15, -0.1) is 0 Å². The van der Waals surface area contributed by atoms with Gasteiger partial charge in [-0.2, -0.15) is 5.10 Å². The molecule has 3 heterocycles. The average molecular weight is 325 g/mol. The number of benzene rings is 1. The lowest BCUT2D eigenvalue weighted by atomic mass is 9.94. The smallest absolute Gasteiger partial charge is 0.266 e. The minimum atomic E-state index is -0.0106. The van der Waals surface area contributed by atoms with Crippen molar-refractivity contribution in [1.29, 1.82) is 0 Å². The van der Waals surface area contributed by atoms with Gasteiger partial charge in [0, 0.05) is 31.6 Å². The standard InChI is InChI=1S/C19H23N3O2/c1-14-6-7-19(23)22(20-14)12-15-10-21(11-15)13-18-17-5-3-2-4-16(17)8-9-24-18/h2-7,15,18H,8-13H2,1H3. The first-order valence-electron chi connectivity index (χ1n) is 8.65. The maximum Gasteiger partial charge on any atom is 0.266 e. The molecule has 126 valence electrons. The predicted octanol–water partition coefficient (Wildman–Crippen LogP) is 1.80. The molecule has 1 fully saturated rings. The van der Waals surface area contributed by atoms with Crippen LogP contribution in [0.1, 0.15) is 22.9 Å². The molecular formula is C19H23N3O2. The lowest BCUT2D eigenvalue weighted by Crippen LogP contribution is -2.51. The second-order valence-electron chi connectivity index (χ2n) is 6.89. The third-order valence-electron chi connectivity index (χ3n) is 4.98. The summed E-state index contributed by atoms with van der Waals surface area (Å²) in [6.07, 6.45) is 1.19. The van der Waals surface area contributed by atoms with Gasteiger partial charge >= 0.3 is 0 Å². The summed E-state index contributed by atoms with van der Waals surface area (Å²) in [4.78, 5) is 14.3. The number of hydrogen-bond donors (Lipinski definition) is 0. The first-order valence-corrected chi connectivity index (χ1v) is 8.65. The van der Waals surface area contributed by atoms with Gasteiger partial charge in [-0.1, -0.05) is 24.3 Å². The Bertz CT molecular complexity index is 780. The molecule has 0 saturated carbocycles.